The molecule has 1 unspecified atom stereocenters. The summed E-state index contributed by atoms with van der Waals surface area (Å²) in [7, 11) is 3.08. The maximum absolute atomic E-state index is 13.6. The number of hydrogen-bond donors (Lipinski definition) is 0. The van der Waals surface area contributed by atoms with Crippen LogP contribution in [0, 0.1) is 12.3 Å². The summed E-state index contributed by atoms with van der Waals surface area (Å²) < 4.78 is 16.2. The predicted molar refractivity (Wildman–Crippen MR) is 120 cm³/mol. The molecule has 2 saturated heterocycles. The van der Waals surface area contributed by atoms with Gasteiger partial charge in [0.05, 0.1) is 19.9 Å². The quantitative estimate of drug-likeness (QED) is 0.623. The number of ether oxygens (including phenoxy) is 3. The number of hydrogen-bond acceptors (Lipinski definition) is 7. The summed E-state index contributed by atoms with van der Waals surface area (Å²) in [6.07, 6.45) is 7.57. The van der Waals surface area contributed by atoms with E-state index in [4.69, 9.17) is 20.6 Å². The van der Waals surface area contributed by atoms with Crippen LogP contribution in [0.5, 0.6) is 11.5 Å². The molecule has 1 aromatic heterocycles. The standard InChI is InChI=1S/C23H25N3O5S/c1-4-21-24-19(14-32-21)22(27)26(16-11-17(29-2)13-18(12-16)30-3)20-5-8-25(23(20)28)15-6-9-31-10-7-15/h1,11-15,20H,5-10H2,2-3H3. The van der Waals surface area contributed by atoms with E-state index in [0.29, 0.717) is 48.4 Å². The fourth-order valence-corrected chi connectivity index (χ4v) is 4.81. The molecular weight excluding hydrogens is 430 g/mol. The van der Waals surface area contributed by atoms with Gasteiger partial charge in [0.15, 0.2) is 5.01 Å². The van der Waals surface area contributed by atoms with Crippen molar-refractivity contribution < 1.29 is 23.8 Å². The van der Waals surface area contributed by atoms with Crippen LogP contribution in [0.2, 0.25) is 0 Å². The SMILES string of the molecule is C#Cc1nc(C(=O)N(c2cc(OC)cc(OC)c2)C2CCN(C3CCOCC3)C2=O)cs1. The van der Waals surface area contributed by atoms with Gasteiger partial charge in [-0.3, -0.25) is 14.5 Å². The van der Waals surface area contributed by atoms with E-state index in [9.17, 15) is 9.59 Å². The number of methoxy groups -OCH3 is 2. The van der Waals surface area contributed by atoms with Crippen LogP contribution < -0.4 is 14.4 Å². The highest BCUT2D eigenvalue weighted by Gasteiger charge is 2.42. The molecule has 2 aromatic rings. The molecule has 0 bridgehead atoms. The normalized spacial score (nSPS) is 19.0. The number of thiazole rings is 1. The van der Waals surface area contributed by atoms with Crippen LogP contribution in [-0.4, -0.2) is 67.8 Å². The summed E-state index contributed by atoms with van der Waals surface area (Å²) in [4.78, 5) is 34.8. The monoisotopic (exact) mass is 455 g/mol. The van der Waals surface area contributed by atoms with Crippen LogP contribution in [-0.2, 0) is 9.53 Å². The lowest BCUT2D eigenvalue weighted by molar-refractivity contribution is -0.132. The first-order chi connectivity index (χ1) is 15.5. The molecule has 4 rings (SSSR count). The van der Waals surface area contributed by atoms with E-state index >= 15 is 0 Å². The second-order valence-electron chi connectivity index (χ2n) is 7.61. The molecule has 0 N–H and O–H groups in total. The van der Waals surface area contributed by atoms with Crippen molar-refractivity contribution in [3.05, 3.63) is 34.3 Å². The zero-order valence-corrected chi connectivity index (χ0v) is 18.9. The van der Waals surface area contributed by atoms with Gasteiger partial charge in [-0.05, 0) is 25.2 Å². The number of aromatic nitrogens is 1. The highest BCUT2D eigenvalue weighted by molar-refractivity contribution is 7.10. The third-order valence-electron chi connectivity index (χ3n) is 5.83. The van der Waals surface area contributed by atoms with Gasteiger partial charge in [-0.25, -0.2) is 4.98 Å². The van der Waals surface area contributed by atoms with Crippen molar-refractivity contribution in [1.29, 1.82) is 0 Å². The van der Waals surface area contributed by atoms with Crippen molar-refractivity contribution in [2.24, 2.45) is 0 Å². The molecule has 8 nitrogen and oxygen atoms in total. The van der Waals surface area contributed by atoms with E-state index in [0.717, 1.165) is 12.8 Å². The van der Waals surface area contributed by atoms with E-state index in [1.807, 2.05) is 4.90 Å². The fraction of sp³-hybridized carbons (Fsp3) is 0.435. The van der Waals surface area contributed by atoms with Gasteiger partial charge in [0.1, 0.15) is 23.2 Å². The topological polar surface area (TPSA) is 81.2 Å². The summed E-state index contributed by atoms with van der Waals surface area (Å²) in [6.45, 7) is 1.87. The second kappa shape index (κ2) is 9.59. The average Bonchev–Trinajstić information content (AvgIpc) is 3.47. The molecule has 3 heterocycles. The number of benzene rings is 1. The van der Waals surface area contributed by atoms with Gasteiger partial charge < -0.3 is 19.1 Å². The second-order valence-corrected chi connectivity index (χ2v) is 8.47. The molecule has 2 aliphatic rings. The first-order valence-corrected chi connectivity index (χ1v) is 11.3. The minimum Gasteiger partial charge on any atom is -0.497 e. The number of anilines is 1. The van der Waals surface area contributed by atoms with E-state index < -0.39 is 6.04 Å². The smallest absolute Gasteiger partial charge is 0.278 e. The first kappa shape index (κ1) is 22.1. The Bertz CT molecular complexity index is 1020. The highest BCUT2D eigenvalue weighted by Crippen LogP contribution is 2.34. The minimum atomic E-state index is -0.654. The van der Waals surface area contributed by atoms with Gasteiger partial charge in [0, 0.05) is 49.4 Å². The number of amides is 2. The maximum Gasteiger partial charge on any atom is 0.278 e. The molecule has 168 valence electrons. The number of terminal acetylenes is 1. The number of carbonyl (C=O) groups is 2. The van der Waals surface area contributed by atoms with Crippen LogP contribution in [0.4, 0.5) is 5.69 Å². The van der Waals surface area contributed by atoms with Crippen LogP contribution in [0.15, 0.2) is 23.6 Å². The van der Waals surface area contributed by atoms with Gasteiger partial charge in [0.25, 0.3) is 5.91 Å². The van der Waals surface area contributed by atoms with E-state index in [-0.39, 0.29) is 23.6 Å². The summed E-state index contributed by atoms with van der Waals surface area (Å²) in [6, 6.07) is 4.64. The van der Waals surface area contributed by atoms with Gasteiger partial charge in [0.2, 0.25) is 5.91 Å². The number of likely N-dealkylation sites (tertiary alicyclic amines) is 1. The molecule has 32 heavy (non-hydrogen) atoms. The highest BCUT2D eigenvalue weighted by atomic mass is 32.1. The van der Waals surface area contributed by atoms with Gasteiger partial charge in [-0.2, -0.15) is 0 Å². The van der Waals surface area contributed by atoms with Gasteiger partial charge in [-0.1, -0.05) is 0 Å². The summed E-state index contributed by atoms with van der Waals surface area (Å²) in [5.74, 6) is 3.04. The predicted octanol–water partition coefficient (Wildman–Crippen LogP) is 2.57. The Hall–Kier alpha value is -3.09. The third-order valence-corrected chi connectivity index (χ3v) is 6.61. The molecule has 2 fully saturated rings. The molecule has 0 aliphatic carbocycles. The van der Waals surface area contributed by atoms with E-state index in [1.54, 1.807) is 23.6 Å². The Morgan fingerprint density at radius 1 is 1.22 bits per heavy atom. The number of nitrogens with zero attached hydrogens (tertiary/aromatic N) is 3. The summed E-state index contributed by atoms with van der Waals surface area (Å²) in [5, 5.41) is 2.04. The maximum atomic E-state index is 13.6. The molecule has 0 spiro atoms. The van der Waals surface area contributed by atoms with Crippen LogP contribution in [0.1, 0.15) is 34.8 Å². The Labute approximate surface area is 191 Å². The molecule has 0 radical (unpaired) electrons. The molecule has 0 saturated carbocycles. The van der Waals surface area contributed by atoms with Crippen molar-refractivity contribution in [1.82, 2.24) is 9.88 Å². The van der Waals surface area contributed by atoms with Crippen LogP contribution in [0.3, 0.4) is 0 Å². The number of carbonyl (C=O) groups excluding carboxylic acids is 2. The van der Waals surface area contributed by atoms with Crippen molar-refractivity contribution in [2.45, 2.75) is 31.3 Å². The summed E-state index contributed by atoms with van der Waals surface area (Å²) >= 11 is 1.22. The fourth-order valence-electron chi connectivity index (χ4n) is 4.22. The minimum absolute atomic E-state index is 0.0700. The van der Waals surface area contributed by atoms with E-state index in [2.05, 4.69) is 10.9 Å². The lowest BCUT2D eigenvalue weighted by Crippen LogP contribution is -2.48. The Kier molecular flexibility index (Phi) is 6.63. The average molecular weight is 456 g/mol. The van der Waals surface area contributed by atoms with Gasteiger partial charge >= 0.3 is 0 Å². The zero-order chi connectivity index (χ0) is 22.7. The lowest BCUT2D eigenvalue weighted by atomic mass is 10.1. The molecule has 9 heteroatoms. The molecule has 1 atom stereocenters. The van der Waals surface area contributed by atoms with Crippen LogP contribution in [0.25, 0.3) is 0 Å². The lowest BCUT2D eigenvalue weighted by Gasteiger charge is -2.33. The van der Waals surface area contributed by atoms with E-state index in [1.165, 1.54) is 30.5 Å². The third kappa shape index (κ3) is 4.29. The zero-order valence-electron chi connectivity index (χ0n) is 18.1. The largest absolute Gasteiger partial charge is 0.497 e. The first-order valence-electron chi connectivity index (χ1n) is 10.4. The van der Waals surface area contributed by atoms with Crippen molar-refractivity contribution in [2.75, 3.05) is 38.9 Å². The van der Waals surface area contributed by atoms with Crippen molar-refractivity contribution in [3.63, 3.8) is 0 Å². The molecule has 2 amide bonds. The molecule has 2 aliphatic heterocycles. The Morgan fingerprint density at radius 2 is 1.91 bits per heavy atom. The van der Waals surface area contributed by atoms with Crippen LogP contribution >= 0.6 is 11.3 Å². The van der Waals surface area contributed by atoms with Gasteiger partial charge in [-0.15, -0.1) is 17.8 Å². The Morgan fingerprint density at radius 3 is 2.50 bits per heavy atom. The summed E-state index contributed by atoms with van der Waals surface area (Å²) in [5.41, 5.74) is 0.718. The molecule has 1 aromatic carbocycles. The van der Waals surface area contributed by atoms with Crippen molar-refractivity contribution >= 4 is 28.8 Å². The molecular formula is C23H25N3O5S. The Balaban J connectivity index is 1.72. The van der Waals surface area contributed by atoms with Crippen molar-refractivity contribution in [3.8, 4) is 23.8 Å². The number of rotatable bonds is 6.